The highest BCUT2D eigenvalue weighted by Gasteiger charge is 2.30. The lowest BCUT2D eigenvalue weighted by Crippen LogP contribution is -2.32. The molecule has 0 unspecified atom stereocenters. The van der Waals surface area contributed by atoms with E-state index in [0.29, 0.717) is 23.6 Å². The standard InChI is InChI=1S/C20H18F3N3O4S/c1-30-16-6-2-14(3-7-16)18-10-11-19(27)26(25-18)13-12-24-31(28,29)17-8-4-15(5-9-17)20(21,22)23/h2-11,24H,12-13H2,1H3. The summed E-state index contributed by atoms with van der Waals surface area (Å²) in [5, 5.41) is 4.23. The summed E-state index contributed by atoms with van der Waals surface area (Å²) in [4.78, 5) is 11.7. The van der Waals surface area contributed by atoms with E-state index in [-0.39, 0.29) is 18.0 Å². The third-order valence-corrected chi connectivity index (χ3v) is 5.84. The van der Waals surface area contributed by atoms with Crippen molar-refractivity contribution >= 4 is 10.0 Å². The first-order valence-electron chi connectivity index (χ1n) is 9.00. The van der Waals surface area contributed by atoms with Crippen LogP contribution in [0.15, 0.2) is 70.4 Å². The van der Waals surface area contributed by atoms with Gasteiger partial charge in [-0.3, -0.25) is 4.79 Å². The Morgan fingerprint density at radius 1 is 1.00 bits per heavy atom. The van der Waals surface area contributed by atoms with Gasteiger partial charge >= 0.3 is 6.18 Å². The van der Waals surface area contributed by atoms with Crippen LogP contribution in [-0.2, 0) is 22.7 Å². The number of methoxy groups -OCH3 is 1. The van der Waals surface area contributed by atoms with E-state index in [0.717, 1.165) is 22.4 Å². The van der Waals surface area contributed by atoms with Gasteiger partial charge in [-0.1, -0.05) is 0 Å². The molecule has 1 heterocycles. The number of hydrogen-bond donors (Lipinski definition) is 1. The predicted molar refractivity (Wildman–Crippen MR) is 107 cm³/mol. The van der Waals surface area contributed by atoms with Gasteiger partial charge in [-0.05, 0) is 54.6 Å². The number of hydrogen-bond acceptors (Lipinski definition) is 5. The van der Waals surface area contributed by atoms with Crippen molar-refractivity contribution < 1.29 is 26.3 Å². The number of nitrogens with one attached hydrogen (secondary N) is 1. The fourth-order valence-corrected chi connectivity index (χ4v) is 3.74. The Labute approximate surface area is 176 Å². The maximum atomic E-state index is 12.6. The largest absolute Gasteiger partial charge is 0.497 e. The van der Waals surface area contributed by atoms with E-state index in [4.69, 9.17) is 4.74 Å². The number of alkyl halides is 3. The SMILES string of the molecule is COc1ccc(-c2ccc(=O)n(CCNS(=O)(=O)c3ccc(C(F)(F)F)cc3)n2)cc1. The van der Waals surface area contributed by atoms with Crippen molar-refractivity contribution in [1.82, 2.24) is 14.5 Å². The molecule has 3 aromatic rings. The second kappa shape index (κ2) is 8.90. The Hall–Kier alpha value is -3.18. The van der Waals surface area contributed by atoms with Gasteiger partial charge in [0.25, 0.3) is 5.56 Å². The van der Waals surface area contributed by atoms with Crippen LogP contribution < -0.4 is 15.0 Å². The van der Waals surface area contributed by atoms with Gasteiger partial charge in [0.05, 0.1) is 29.8 Å². The number of aromatic nitrogens is 2. The van der Waals surface area contributed by atoms with Crippen LogP contribution >= 0.6 is 0 Å². The van der Waals surface area contributed by atoms with Crippen LogP contribution in [0.5, 0.6) is 5.75 Å². The summed E-state index contributed by atoms with van der Waals surface area (Å²) in [7, 11) is -2.51. The van der Waals surface area contributed by atoms with Crippen LogP contribution in [0.2, 0.25) is 0 Å². The van der Waals surface area contributed by atoms with Crippen LogP contribution in [0.3, 0.4) is 0 Å². The van der Waals surface area contributed by atoms with Gasteiger partial charge in [0.1, 0.15) is 5.75 Å². The van der Waals surface area contributed by atoms with Crippen molar-refractivity contribution in [3.05, 3.63) is 76.6 Å². The van der Waals surface area contributed by atoms with E-state index < -0.39 is 27.3 Å². The van der Waals surface area contributed by atoms with E-state index >= 15 is 0 Å². The van der Waals surface area contributed by atoms with Gasteiger partial charge in [-0.2, -0.15) is 18.3 Å². The molecular weight excluding hydrogens is 435 g/mol. The van der Waals surface area contributed by atoms with Crippen LogP contribution in [0, 0.1) is 0 Å². The summed E-state index contributed by atoms with van der Waals surface area (Å²) in [6.07, 6.45) is -4.56. The molecule has 11 heteroatoms. The zero-order valence-electron chi connectivity index (χ0n) is 16.3. The van der Waals surface area contributed by atoms with Crippen LogP contribution in [-0.4, -0.2) is 31.9 Å². The normalized spacial score (nSPS) is 12.0. The van der Waals surface area contributed by atoms with Gasteiger partial charge in [0.2, 0.25) is 10.0 Å². The quantitative estimate of drug-likeness (QED) is 0.594. The average molecular weight is 453 g/mol. The smallest absolute Gasteiger partial charge is 0.416 e. The molecule has 0 bridgehead atoms. The minimum absolute atomic E-state index is 0.0668. The van der Waals surface area contributed by atoms with Gasteiger partial charge in [-0.15, -0.1) is 0 Å². The van der Waals surface area contributed by atoms with Crippen LogP contribution in [0.1, 0.15) is 5.56 Å². The topological polar surface area (TPSA) is 90.3 Å². The van der Waals surface area contributed by atoms with Gasteiger partial charge in [0.15, 0.2) is 0 Å². The monoisotopic (exact) mass is 453 g/mol. The molecule has 0 spiro atoms. The summed E-state index contributed by atoms with van der Waals surface area (Å²) in [5.41, 5.74) is -0.128. The zero-order chi connectivity index (χ0) is 22.6. The fraction of sp³-hybridized carbons (Fsp3) is 0.200. The molecule has 7 nitrogen and oxygen atoms in total. The van der Waals surface area contributed by atoms with Crippen molar-refractivity contribution in [3.8, 4) is 17.0 Å². The molecule has 0 radical (unpaired) electrons. The van der Waals surface area contributed by atoms with Crippen molar-refractivity contribution in [1.29, 1.82) is 0 Å². The molecule has 0 saturated heterocycles. The fourth-order valence-electron chi connectivity index (χ4n) is 2.72. The molecule has 2 aromatic carbocycles. The molecule has 0 aliphatic carbocycles. The third kappa shape index (κ3) is 5.50. The first-order valence-corrected chi connectivity index (χ1v) is 10.5. The van der Waals surface area contributed by atoms with Crippen LogP contribution in [0.25, 0.3) is 11.3 Å². The maximum Gasteiger partial charge on any atom is 0.416 e. The lowest BCUT2D eigenvalue weighted by Gasteiger charge is -2.11. The molecule has 0 saturated carbocycles. The summed E-state index contributed by atoms with van der Waals surface area (Å²) < 4.78 is 71.0. The molecule has 0 fully saturated rings. The minimum Gasteiger partial charge on any atom is -0.497 e. The number of benzene rings is 2. The molecule has 164 valence electrons. The third-order valence-electron chi connectivity index (χ3n) is 4.36. The molecule has 0 atom stereocenters. The molecule has 3 rings (SSSR count). The molecule has 1 N–H and O–H groups in total. The highest BCUT2D eigenvalue weighted by Crippen LogP contribution is 2.29. The van der Waals surface area contributed by atoms with Gasteiger partial charge in [0, 0.05) is 18.2 Å². The average Bonchev–Trinajstić information content (AvgIpc) is 2.74. The Bertz CT molecular complexity index is 1210. The molecule has 0 aliphatic heterocycles. The first kappa shape index (κ1) is 22.5. The summed E-state index contributed by atoms with van der Waals surface area (Å²) in [6, 6.07) is 13.0. The highest BCUT2D eigenvalue weighted by molar-refractivity contribution is 7.89. The zero-order valence-corrected chi connectivity index (χ0v) is 17.1. The Morgan fingerprint density at radius 2 is 1.65 bits per heavy atom. The van der Waals surface area contributed by atoms with E-state index in [9.17, 15) is 26.4 Å². The maximum absolute atomic E-state index is 12.6. The molecule has 0 amide bonds. The highest BCUT2D eigenvalue weighted by atomic mass is 32.2. The van der Waals surface area contributed by atoms with E-state index in [2.05, 4.69) is 9.82 Å². The Kier molecular flexibility index (Phi) is 6.46. The Balaban J connectivity index is 1.70. The minimum atomic E-state index is -4.56. The van der Waals surface area contributed by atoms with E-state index in [1.54, 1.807) is 37.4 Å². The van der Waals surface area contributed by atoms with Crippen molar-refractivity contribution in [2.45, 2.75) is 17.6 Å². The van der Waals surface area contributed by atoms with Gasteiger partial charge < -0.3 is 4.74 Å². The van der Waals surface area contributed by atoms with E-state index in [1.807, 2.05) is 0 Å². The molecular formula is C20H18F3N3O4S. The second-order valence-corrected chi connectivity index (χ2v) is 8.20. The van der Waals surface area contributed by atoms with Gasteiger partial charge in [-0.25, -0.2) is 17.8 Å². The number of rotatable bonds is 7. The summed E-state index contributed by atoms with van der Waals surface area (Å²) in [5.74, 6) is 0.662. The first-order chi connectivity index (χ1) is 14.6. The summed E-state index contributed by atoms with van der Waals surface area (Å²) in [6.45, 7) is -0.245. The lowest BCUT2D eigenvalue weighted by atomic mass is 10.1. The molecule has 0 aliphatic rings. The van der Waals surface area contributed by atoms with Crippen molar-refractivity contribution in [2.24, 2.45) is 0 Å². The molecule has 1 aromatic heterocycles. The number of halogens is 3. The van der Waals surface area contributed by atoms with E-state index in [1.165, 1.54) is 6.07 Å². The summed E-state index contributed by atoms with van der Waals surface area (Å²) >= 11 is 0. The lowest BCUT2D eigenvalue weighted by molar-refractivity contribution is -0.137. The predicted octanol–water partition coefficient (Wildman–Crippen LogP) is 2.92. The number of ether oxygens (including phenoxy) is 1. The van der Waals surface area contributed by atoms with Crippen molar-refractivity contribution in [3.63, 3.8) is 0 Å². The number of sulfonamides is 1. The Morgan fingerprint density at radius 3 is 2.23 bits per heavy atom. The van der Waals surface area contributed by atoms with Crippen LogP contribution in [0.4, 0.5) is 13.2 Å². The second-order valence-electron chi connectivity index (χ2n) is 6.43. The van der Waals surface area contributed by atoms with Crippen molar-refractivity contribution in [2.75, 3.05) is 13.7 Å². The molecule has 31 heavy (non-hydrogen) atoms. The number of nitrogens with zero attached hydrogens (tertiary/aromatic N) is 2.